The molecule has 0 bridgehead atoms. The molecule has 0 radical (unpaired) electrons. The first kappa shape index (κ1) is 19.0. The molecule has 3 aromatic rings. The van der Waals surface area contributed by atoms with Crippen LogP contribution in [0.1, 0.15) is 26.3 Å². The maximum absolute atomic E-state index is 6.09. The Balaban J connectivity index is 1.87. The number of para-hydroxylation sites is 1. The Labute approximate surface area is 164 Å². The van der Waals surface area contributed by atoms with Gasteiger partial charge in [0.2, 0.25) is 5.95 Å². The largest absolute Gasteiger partial charge is 0.495 e. The van der Waals surface area contributed by atoms with Crippen LogP contribution in [0.15, 0.2) is 54.7 Å². The van der Waals surface area contributed by atoms with E-state index in [0.717, 1.165) is 5.69 Å². The van der Waals surface area contributed by atoms with Crippen LogP contribution in [-0.4, -0.2) is 17.1 Å². The number of nitrogens with one attached hydrogen (secondary N) is 2. The van der Waals surface area contributed by atoms with Gasteiger partial charge in [0.05, 0.1) is 12.8 Å². The van der Waals surface area contributed by atoms with Crippen LogP contribution in [-0.2, 0) is 5.41 Å². The maximum Gasteiger partial charge on any atom is 0.229 e. The van der Waals surface area contributed by atoms with Gasteiger partial charge in [-0.25, -0.2) is 4.98 Å². The van der Waals surface area contributed by atoms with Crippen molar-refractivity contribution in [1.82, 2.24) is 9.97 Å². The number of hydrogen-bond acceptors (Lipinski definition) is 5. The summed E-state index contributed by atoms with van der Waals surface area (Å²) in [6.07, 6.45) is 1.70. The summed E-state index contributed by atoms with van der Waals surface area (Å²) in [5.41, 5.74) is 2.97. The lowest BCUT2D eigenvalue weighted by Gasteiger charge is -2.23. The molecule has 1 aromatic heterocycles. The summed E-state index contributed by atoms with van der Waals surface area (Å²) < 4.78 is 5.36. The molecule has 0 saturated carbocycles. The van der Waals surface area contributed by atoms with Gasteiger partial charge in [-0.05, 0) is 41.3 Å². The summed E-state index contributed by atoms with van der Waals surface area (Å²) in [6.45, 7) is 6.56. The van der Waals surface area contributed by atoms with Crippen LogP contribution >= 0.6 is 11.6 Å². The van der Waals surface area contributed by atoms with Crippen molar-refractivity contribution in [3.63, 3.8) is 0 Å². The molecule has 0 fully saturated rings. The fourth-order valence-corrected chi connectivity index (χ4v) is 2.94. The molecule has 0 saturated heterocycles. The summed E-state index contributed by atoms with van der Waals surface area (Å²) in [6, 6.07) is 15.4. The zero-order chi connectivity index (χ0) is 19.4. The molecule has 0 unspecified atom stereocenters. The van der Waals surface area contributed by atoms with E-state index >= 15 is 0 Å². The van der Waals surface area contributed by atoms with Crippen molar-refractivity contribution in [2.45, 2.75) is 26.2 Å². The number of anilines is 4. The Morgan fingerprint density at radius 2 is 1.74 bits per heavy atom. The van der Waals surface area contributed by atoms with Gasteiger partial charge < -0.3 is 15.4 Å². The van der Waals surface area contributed by atoms with Crippen LogP contribution in [0.3, 0.4) is 0 Å². The molecular weight excluding hydrogens is 360 g/mol. The number of nitrogens with zero attached hydrogens (tertiary/aromatic N) is 2. The van der Waals surface area contributed by atoms with Crippen molar-refractivity contribution in [2.75, 3.05) is 17.7 Å². The number of halogens is 1. The highest BCUT2D eigenvalue weighted by molar-refractivity contribution is 6.31. The van der Waals surface area contributed by atoms with E-state index in [1.807, 2.05) is 18.2 Å². The molecular formula is C21H23ClN4O. The second-order valence-corrected chi connectivity index (χ2v) is 7.59. The van der Waals surface area contributed by atoms with E-state index in [-0.39, 0.29) is 5.41 Å². The minimum Gasteiger partial charge on any atom is -0.495 e. The Morgan fingerprint density at radius 3 is 2.48 bits per heavy atom. The number of aromatic nitrogens is 2. The van der Waals surface area contributed by atoms with Gasteiger partial charge in [0, 0.05) is 16.9 Å². The van der Waals surface area contributed by atoms with Crippen LogP contribution in [0.5, 0.6) is 5.75 Å². The van der Waals surface area contributed by atoms with Crippen LogP contribution in [0.4, 0.5) is 23.1 Å². The minimum absolute atomic E-state index is 0.0197. The topological polar surface area (TPSA) is 59.1 Å². The number of hydrogen-bond donors (Lipinski definition) is 2. The summed E-state index contributed by atoms with van der Waals surface area (Å²) in [7, 11) is 1.61. The highest BCUT2D eigenvalue weighted by Gasteiger charge is 2.17. The average molecular weight is 383 g/mol. The fraction of sp³-hybridized carbons (Fsp3) is 0.238. The molecule has 140 valence electrons. The molecule has 1 heterocycles. The summed E-state index contributed by atoms with van der Waals surface area (Å²) >= 11 is 6.09. The second kappa shape index (κ2) is 7.84. The maximum atomic E-state index is 6.09. The van der Waals surface area contributed by atoms with Crippen LogP contribution < -0.4 is 15.4 Å². The quantitative estimate of drug-likeness (QED) is 0.573. The SMILES string of the molecule is COc1ccc(Cl)cc1Nc1nccc(Nc2ccccc2C(C)(C)C)n1. The lowest BCUT2D eigenvalue weighted by molar-refractivity contribution is 0.417. The van der Waals surface area contributed by atoms with Crippen molar-refractivity contribution in [3.8, 4) is 5.75 Å². The molecule has 0 amide bonds. The normalized spacial score (nSPS) is 11.1. The third kappa shape index (κ3) is 4.68. The lowest BCUT2D eigenvalue weighted by atomic mass is 9.86. The first-order chi connectivity index (χ1) is 12.9. The van der Waals surface area contributed by atoms with Crippen LogP contribution in [0, 0.1) is 0 Å². The van der Waals surface area contributed by atoms with Gasteiger partial charge in [0.1, 0.15) is 11.6 Å². The standard InChI is InChI=1S/C21H23ClN4O/c1-21(2,3)15-7-5-6-8-16(15)24-19-11-12-23-20(26-19)25-17-13-14(22)9-10-18(17)27-4/h5-13H,1-4H3,(H2,23,24,25,26). The van der Waals surface area contributed by atoms with Crippen molar-refractivity contribution in [3.05, 3.63) is 65.3 Å². The summed E-state index contributed by atoms with van der Waals surface area (Å²) in [5.74, 6) is 1.82. The zero-order valence-corrected chi connectivity index (χ0v) is 16.6. The van der Waals surface area contributed by atoms with Crippen molar-refractivity contribution < 1.29 is 4.74 Å². The van der Waals surface area contributed by atoms with E-state index in [2.05, 4.69) is 53.5 Å². The number of ether oxygens (including phenoxy) is 1. The highest BCUT2D eigenvalue weighted by Crippen LogP contribution is 2.32. The summed E-state index contributed by atoms with van der Waals surface area (Å²) in [4.78, 5) is 8.85. The number of methoxy groups -OCH3 is 1. The van der Waals surface area contributed by atoms with E-state index in [0.29, 0.717) is 28.2 Å². The molecule has 0 aliphatic rings. The molecule has 5 nitrogen and oxygen atoms in total. The smallest absolute Gasteiger partial charge is 0.229 e. The van der Waals surface area contributed by atoms with E-state index in [4.69, 9.17) is 16.3 Å². The Kier molecular flexibility index (Phi) is 5.51. The Bertz CT molecular complexity index is 937. The van der Waals surface area contributed by atoms with Crippen molar-refractivity contribution in [1.29, 1.82) is 0 Å². The van der Waals surface area contributed by atoms with Gasteiger partial charge in [-0.3, -0.25) is 0 Å². The van der Waals surface area contributed by atoms with Gasteiger partial charge >= 0.3 is 0 Å². The molecule has 2 aromatic carbocycles. The molecule has 2 N–H and O–H groups in total. The van der Waals surface area contributed by atoms with Crippen molar-refractivity contribution in [2.24, 2.45) is 0 Å². The molecule has 0 aliphatic carbocycles. The van der Waals surface area contributed by atoms with E-state index in [1.165, 1.54) is 5.56 Å². The summed E-state index contributed by atoms with van der Waals surface area (Å²) in [5, 5.41) is 7.16. The zero-order valence-electron chi connectivity index (χ0n) is 15.9. The predicted molar refractivity (Wildman–Crippen MR) is 112 cm³/mol. The van der Waals surface area contributed by atoms with Gasteiger partial charge in [0.15, 0.2) is 0 Å². The molecule has 27 heavy (non-hydrogen) atoms. The van der Waals surface area contributed by atoms with Crippen LogP contribution in [0.25, 0.3) is 0 Å². The molecule has 0 aliphatic heterocycles. The van der Waals surface area contributed by atoms with Gasteiger partial charge in [-0.2, -0.15) is 4.98 Å². The second-order valence-electron chi connectivity index (χ2n) is 7.16. The third-order valence-corrected chi connectivity index (χ3v) is 4.30. The number of benzene rings is 2. The van der Waals surface area contributed by atoms with Gasteiger partial charge in [0.25, 0.3) is 0 Å². The Hall–Kier alpha value is -2.79. The van der Waals surface area contributed by atoms with Crippen molar-refractivity contribution >= 4 is 34.7 Å². The average Bonchev–Trinajstić information content (AvgIpc) is 2.62. The molecule has 0 spiro atoms. The first-order valence-electron chi connectivity index (χ1n) is 8.67. The predicted octanol–water partition coefficient (Wildman–Crippen LogP) is 5.92. The third-order valence-electron chi connectivity index (χ3n) is 4.06. The Morgan fingerprint density at radius 1 is 0.963 bits per heavy atom. The van der Waals surface area contributed by atoms with Gasteiger partial charge in [-0.1, -0.05) is 50.6 Å². The van der Waals surface area contributed by atoms with E-state index in [9.17, 15) is 0 Å². The van der Waals surface area contributed by atoms with E-state index in [1.54, 1.807) is 31.5 Å². The number of rotatable bonds is 5. The van der Waals surface area contributed by atoms with Gasteiger partial charge in [-0.15, -0.1) is 0 Å². The first-order valence-corrected chi connectivity index (χ1v) is 9.05. The minimum atomic E-state index is 0.0197. The monoisotopic (exact) mass is 382 g/mol. The molecule has 6 heteroatoms. The van der Waals surface area contributed by atoms with E-state index < -0.39 is 0 Å². The lowest BCUT2D eigenvalue weighted by Crippen LogP contribution is -2.13. The molecule has 3 rings (SSSR count). The molecule has 0 atom stereocenters. The fourth-order valence-electron chi connectivity index (χ4n) is 2.77. The highest BCUT2D eigenvalue weighted by atomic mass is 35.5. The van der Waals surface area contributed by atoms with Crippen LogP contribution in [0.2, 0.25) is 5.02 Å².